The summed E-state index contributed by atoms with van der Waals surface area (Å²) in [6.07, 6.45) is 0.0337. The Labute approximate surface area is 187 Å². The van der Waals surface area contributed by atoms with Crippen LogP contribution in [-0.4, -0.2) is 32.8 Å². The summed E-state index contributed by atoms with van der Waals surface area (Å²) in [4.78, 5) is 29.5. The Morgan fingerprint density at radius 2 is 1.32 bits per heavy atom. The molecule has 0 spiro atoms. The molecule has 1 fully saturated rings. The van der Waals surface area contributed by atoms with E-state index >= 15 is 0 Å². The van der Waals surface area contributed by atoms with Crippen LogP contribution in [0.2, 0.25) is 0 Å². The summed E-state index contributed by atoms with van der Waals surface area (Å²) in [7, 11) is 0. The number of para-hydroxylation sites is 1. The van der Waals surface area contributed by atoms with Crippen molar-refractivity contribution in [1.29, 1.82) is 0 Å². The average Bonchev–Trinajstić information content (AvgIpc) is 3.00. The number of hydrogen-bond acceptors (Lipinski definition) is 3. The lowest BCUT2D eigenvalue weighted by Crippen LogP contribution is -2.37. The van der Waals surface area contributed by atoms with Gasteiger partial charge in [-0.2, -0.15) is 0 Å². The molecule has 0 bridgehead atoms. The molecule has 1 N–H and O–H groups in total. The summed E-state index contributed by atoms with van der Waals surface area (Å²) in [6, 6.07) is 28.2. The molecule has 0 aliphatic carbocycles. The molecule has 3 aromatic carbocycles. The number of amides is 2. The van der Waals surface area contributed by atoms with Crippen LogP contribution in [-0.2, 0) is 22.7 Å². The van der Waals surface area contributed by atoms with E-state index < -0.39 is 6.04 Å². The maximum atomic E-state index is 13.3. The summed E-state index contributed by atoms with van der Waals surface area (Å²) in [5, 5.41) is 3.33. The number of carbonyl (C=O) groups excluding carboxylic acids is 2. The fourth-order valence-corrected chi connectivity index (χ4v) is 4.02. The lowest BCUT2D eigenvalue weighted by Gasteiger charge is -2.24. The van der Waals surface area contributed by atoms with Crippen LogP contribution in [0.5, 0.6) is 0 Å². The van der Waals surface area contributed by atoms with Crippen molar-refractivity contribution in [3.8, 4) is 0 Å². The Hall–Kier alpha value is -3.51. The third-order valence-electron chi connectivity index (χ3n) is 5.22. The van der Waals surface area contributed by atoms with E-state index in [2.05, 4.69) is 5.32 Å². The van der Waals surface area contributed by atoms with Gasteiger partial charge in [-0.15, -0.1) is 0 Å². The van der Waals surface area contributed by atoms with Gasteiger partial charge in [0, 0.05) is 12.2 Å². The van der Waals surface area contributed by atoms with Crippen LogP contribution < -0.4 is 5.32 Å². The minimum Gasteiger partial charge on any atom is -0.332 e. The molecule has 5 nitrogen and oxygen atoms in total. The summed E-state index contributed by atoms with van der Waals surface area (Å²) < 4.78 is 0. The smallest absolute Gasteiger partial charge is 0.252 e. The fourth-order valence-electron chi connectivity index (χ4n) is 3.67. The molecule has 2 amide bonds. The first-order valence-corrected chi connectivity index (χ1v) is 10.6. The zero-order chi connectivity index (χ0) is 21.6. The second kappa shape index (κ2) is 9.53. The van der Waals surface area contributed by atoms with Gasteiger partial charge in [0.05, 0.1) is 13.0 Å². The molecule has 3 aromatic rings. The molecule has 1 aliphatic heterocycles. The van der Waals surface area contributed by atoms with E-state index in [4.69, 9.17) is 12.2 Å². The van der Waals surface area contributed by atoms with Crippen LogP contribution in [0.1, 0.15) is 17.5 Å². The highest BCUT2D eigenvalue weighted by Gasteiger charge is 2.43. The predicted octanol–water partition coefficient (Wildman–Crippen LogP) is 4.21. The number of nitrogens with one attached hydrogen (secondary N) is 1. The van der Waals surface area contributed by atoms with Crippen molar-refractivity contribution in [2.75, 3.05) is 5.32 Å². The molecule has 0 radical (unpaired) electrons. The van der Waals surface area contributed by atoms with E-state index in [1.807, 2.05) is 95.9 Å². The van der Waals surface area contributed by atoms with Crippen molar-refractivity contribution in [3.63, 3.8) is 0 Å². The number of nitrogens with zero attached hydrogens (tertiary/aromatic N) is 2. The number of anilines is 1. The van der Waals surface area contributed by atoms with Crippen molar-refractivity contribution in [2.45, 2.75) is 25.6 Å². The molecule has 1 heterocycles. The van der Waals surface area contributed by atoms with Gasteiger partial charge in [-0.25, -0.2) is 0 Å². The van der Waals surface area contributed by atoms with Crippen LogP contribution in [0.15, 0.2) is 91.0 Å². The zero-order valence-corrected chi connectivity index (χ0v) is 17.8. The van der Waals surface area contributed by atoms with Gasteiger partial charge >= 0.3 is 0 Å². The largest absolute Gasteiger partial charge is 0.332 e. The molecule has 1 saturated heterocycles. The number of carbonyl (C=O) groups is 2. The Morgan fingerprint density at radius 1 is 0.806 bits per heavy atom. The van der Waals surface area contributed by atoms with Gasteiger partial charge in [-0.05, 0) is 35.5 Å². The summed E-state index contributed by atoms with van der Waals surface area (Å²) in [6.45, 7) is 0.862. The first kappa shape index (κ1) is 20.8. The normalized spacial score (nSPS) is 15.9. The Kier molecular flexibility index (Phi) is 6.38. The van der Waals surface area contributed by atoms with Gasteiger partial charge in [-0.3, -0.25) is 14.5 Å². The van der Waals surface area contributed by atoms with Gasteiger partial charge in [0.2, 0.25) is 5.91 Å². The number of rotatable bonds is 7. The molecule has 4 rings (SSSR count). The maximum Gasteiger partial charge on any atom is 0.252 e. The van der Waals surface area contributed by atoms with Crippen LogP contribution in [0.4, 0.5) is 5.69 Å². The second-order valence-corrected chi connectivity index (χ2v) is 7.81. The highest BCUT2D eigenvalue weighted by atomic mass is 32.1. The summed E-state index contributed by atoms with van der Waals surface area (Å²) in [5.74, 6) is -0.361. The minimum absolute atomic E-state index is 0.0337. The molecular weight excluding hydrogens is 406 g/mol. The van der Waals surface area contributed by atoms with Gasteiger partial charge in [0.1, 0.15) is 6.04 Å². The molecule has 1 unspecified atom stereocenters. The van der Waals surface area contributed by atoms with Crippen molar-refractivity contribution in [3.05, 3.63) is 102 Å². The molecule has 0 aromatic heterocycles. The van der Waals surface area contributed by atoms with Crippen molar-refractivity contribution in [2.24, 2.45) is 0 Å². The van der Waals surface area contributed by atoms with Crippen LogP contribution in [0.25, 0.3) is 0 Å². The van der Waals surface area contributed by atoms with Crippen LogP contribution >= 0.6 is 12.2 Å². The average molecular weight is 430 g/mol. The van der Waals surface area contributed by atoms with Gasteiger partial charge < -0.3 is 10.2 Å². The Bertz CT molecular complexity index is 1060. The minimum atomic E-state index is -0.639. The lowest BCUT2D eigenvalue weighted by molar-refractivity contribution is -0.131. The van der Waals surface area contributed by atoms with Gasteiger partial charge in [-0.1, -0.05) is 78.9 Å². The van der Waals surface area contributed by atoms with Crippen molar-refractivity contribution in [1.82, 2.24) is 9.80 Å². The Balaban J connectivity index is 1.55. The summed E-state index contributed by atoms with van der Waals surface area (Å²) >= 11 is 5.70. The monoisotopic (exact) mass is 429 g/mol. The van der Waals surface area contributed by atoms with Crippen molar-refractivity contribution < 1.29 is 9.59 Å². The Morgan fingerprint density at radius 3 is 1.90 bits per heavy atom. The standard InChI is InChI=1S/C25H23N3O2S/c29-23(26-21-14-8-3-9-15-21)16-22-24(30)28(18-20-12-6-2-7-13-20)25(31)27(22)17-19-10-4-1-5-11-19/h1-15,22H,16-18H2,(H,26,29). The topological polar surface area (TPSA) is 52.7 Å². The van der Waals surface area contributed by atoms with E-state index in [0.29, 0.717) is 23.9 Å². The van der Waals surface area contributed by atoms with Gasteiger partial charge in [0.15, 0.2) is 5.11 Å². The molecule has 31 heavy (non-hydrogen) atoms. The maximum absolute atomic E-state index is 13.3. The number of thiocarbonyl (C=S) groups is 1. The zero-order valence-electron chi connectivity index (χ0n) is 17.0. The van der Waals surface area contributed by atoms with E-state index in [1.165, 1.54) is 0 Å². The summed E-state index contributed by atoms with van der Waals surface area (Å²) in [5.41, 5.74) is 2.73. The van der Waals surface area contributed by atoms with E-state index in [1.54, 1.807) is 4.90 Å². The number of hydrogen-bond donors (Lipinski definition) is 1. The van der Waals surface area contributed by atoms with Gasteiger partial charge in [0.25, 0.3) is 5.91 Å². The van der Waals surface area contributed by atoms with Crippen LogP contribution in [0, 0.1) is 0 Å². The van der Waals surface area contributed by atoms with E-state index in [-0.39, 0.29) is 18.2 Å². The van der Waals surface area contributed by atoms with Crippen molar-refractivity contribution >= 4 is 34.8 Å². The molecule has 1 atom stereocenters. The highest BCUT2D eigenvalue weighted by molar-refractivity contribution is 7.80. The number of benzene rings is 3. The third kappa shape index (κ3) is 4.98. The quantitative estimate of drug-likeness (QED) is 0.572. The SMILES string of the molecule is O=C(CC1C(=O)N(Cc2ccccc2)C(=S)N1Cc1ccccc1)Nc1ccccc1. The fraction of sp³-hybridized carbons (Fsp3) is 0.160. The predicted molar refractivity (Wildman–Crippen MR) is 125 cm³/mol. The molecule has 6 heteroatoms. The highest BCUT2D eigenvalue weighted by Crippen LogP contribution is 2.25. The van der Waals surface area contributed by atoms with Crippen LogP contribution in [0.3, 0.4) is 0 Å². The molecule has 1 aliphatic rings. The first-order valence-electron chi connectivity index (χ1n) is 10.2. The lowest BCUT2D eigenvalue weighted by atomic mass is 10.1. The molecule has 0 saturated carbocycles. The third-order valence-corrected chi connectivity index (χ3v) is 5.67. The first-order chi connectivity index (χ1) is 15.1. The second-order valence-electron chi connectivity index (χ2n) is 7.44. The molecular formula is C25H23N3O2S. The van der Waals surface area contributed by atoms with E-state index in [9.17, 15) is 9.59 Å². The molecule has 156 valence electrons. The van der Waals surface area contributed by atoms with E-state index in [0.717, 1.165) is 11.1 Å².